The summed E-state index contributed by atoms with van der Waals surface area (Å²) in [6.07, 6.45) is 3.41. The van der Waals surface area contributed by atoms with E-state index in [9.17, 15) is 0 Å². The van der Waals surface area contributed by atoms with Crippen molar-refractivity contribution in [1.82, 2.24) is 14.8 Å². The van der Waals surface area contributed by atoms with Crippen LogP contribution in [0.4, 0.5) is 0 Å². The molecule has 0 fully saturated rings. The monoisotopic (exact) mass is 250 g/mol. The Kier molecular flexibility index (Phi) is 3.45. The number of pyridine rings is 1. The molecule has 2 aromatic rings. The van der Waals surface area contributed by atoms with Crippen LogP contribution in [0.25, 0.3) is 0 Å². The second-order valence-electron chi connectivity index (χ2n) is 3.90. The maximum atomic E-state index is 6.20. The molecule has 5 heteroatoms. The van der Waals surface area contributed by atoms with Crippen molar-refractivity contribution in [2.24, 2.45) is 5.73 Å². The van der Waals surface area contributed by atoms with Crippen LogP contribution in [0.15, 0.2) is 24.5 Å². The lowest BCUT2D eigenvalue weighted by molar-refractivity contribution is 0.600. The van der Waals surface area contributed by atoms with E-state index in [1.165, 1.54) is 0 Å². The van der Waals surface area contributed by atoms with Crippen molar-refractivity contribution < 1.29 is 0 Å². The number of nitrogens with zero attached hydrogens (tertiary/aromatic N) is 3. The second-order valence-corrected chi connectivity index (χ2v) is 4.31. The lowest BCUT2D eigenvalue weighted by Crippen LogP contribution is -2.17. The molecule has 0 aliphatic carbocycles. The zero-order chi connectivity index (χ0) is 12.4. The zero-order valence-corrected chi connectivity index (χ0v) is 10.6. The molecule has 0 saturated carbocycles. The Morgan fingerprint density at radius 2 is 2.18 bits per heavy atom. The molecule has 0 aromatic carbocycles. The van der Waals surface area contributed by atoms with Gasteiger partial charge in [-0.15, -0.1) is 0 Å². The molecule has 0 aliphatic heterocycles. The summed E-state index contributed by atoms with van der Waals surface area (Å²) >= 11 is 6.12. The number of nitrogens with two attached hydrogens (primary N) is 1. The largest absolute Gasteiger partial charge is 0.319 e. The summed E-state index contributed by atoms with van der Waals surface area (Å²) in [5.41, 5.74) is 8.94. The van der Waals surface area contributed by atoms with Gasteiger partial charge in [0.1, 0.15) is 0 Å². The van der Waals surface area contributed by atoms with E-state index in [0.717, 1.165) is 23.5 Å². The summed E-state index contributed by atoms with van der Waals surface area (Å²) in [5, 5.41) is 4.78. The molecule has 0 radical (unpaired) electrons. The molecular weight excluding hydrogens is 236 g/mol. The third-order valence-electron chi connectivity index (χ3n) is 2.72. The number of rotatable bonds is 3. The minimum atomic E-state index is -0.293. The molecule has 2 heterocycles. The van der Waals surface area contributed by atoms with Crippen molar-refractivity contribution in [3.8, 4) is 0 Å². The number of aromatic nitrogens is 3. The minimum absolute atomic E-state index is 0.293. The lowest BCUT2D eigenvalue weighted by atomic mass is 10.1. The summed E-state index contributed by atoms with van der Waals surface area (Å²) < 4.78 is 1.81. The van der Waals surface area contributed by atoms with Gasteiger partial charge in [0.15, 0.2) is 0 Å². The van der Waals surface area contributed by atoms with Crippen LogP contribution in [-0.4, -0.2) is 14.8 Å². The fourth-order valence-corrected chi connectivity index (χ4v) is 2.01. The minimum Gasteiger partial charge on any atom is -0.319 e. The predicted octanol–water partition coefficient (Wildman–Crippen LogP) is 2.31. The molecule has 2 aromatic heterocycles. The Balaban J connectivity index is 2.39. The van der Waals surface area contributed by atoms with E-state index >= 15 is 0 Å². The maximum Gasteiger partial charge on any atom is 0.0837 e. The molecule has 2 rings (SSSR count). The van der Waals surface area contributed by atoms with Gasteiger partial charge in [0, 0.05) is 18.4 Å². The quantitative estimate of drug-likeness (QED) is 0.910. The van der Waals surface area contributed by atoms with Crippen LogP contribution in [0.3, 0.4) is 0 Å². The summed E-state index contributed by atoms with van der Waals surface area (Å²) in [5.74, 6) is 0. The fraction of sp³-hybridized carbons (Fsp3) is 0.333. The highest BCUT2D eigenvalue weighted by atomic mass is 35.5. The molecule has 1 atom stereocenters. The first kappa shape index (κ1) is 12.1. The topological polar surface area (TPSA) is 56.7 Å². The number of halogens is 1. The Bertz CT molecular complexity index is 504. The summed E-state index contributed by atoms with van der Waals surface area (Å²) in [4.78, 5) is 4.24. The van der Waals surface area contributed by atoms with Crippen molar-refractivity contribution in [3.63, 3.8) is 0 Å². The standard InChI is InChI=1S/C12H15ClN4/c1-3-17-12(10(13)7-16-17)11(14)9-5-4-8(2)15-6-9/h4-7,11H,3,14H2,1-2H3. The number of aryl methyl sites for hydroxylation is 2. The highest BCUT2D eigenvalue weighted by Crippen LogP contribution is 2.25. The van der Waals surface area contributed by atoms with Gasteiger partial charge in [-0.2, -0.15) is 5.10 Å². The SMILES string of the molecule is CCn1ncc(Cl)c1C(N)c1ccc(C)nc1. The summed E-state index contributed by atoms with van der Waals surface area (Å²) in [7, 11) is 0. The van der Waals surface area contributed by atoms with Gasteiger partial charge in [-0.05, 0) is 25.5 Å². The van der Waals surface area contributed by atoms with Crippen LogP contribution < -0.4 is 5.73 Å². The van der Waals surface area contributed by atoms with Crippen LogP contribution in [0.1, 0.15) is 29.9 Å². The molecule has 4 nitrogen and oxygen atoms in total. The fourth-order valence-electron chi connectivity index (χ4n) is 1.75. The number of hydrogen-bond donors (Lipinski definition) is 1. The Labute approximate surface area is 105 Å². The normalized spacial score (nSPS) is 12.7. The van der Waals surface area contributed by atoms with Gasteiger partial charge >= 0.3 is 0 Å². The highest BCUT2D eigenvalue weighted by Gasteiger charge is 2.18. The lowest BCUT2D eigenvalue weighted by Gasteiger charge is -2.14. The van der Waals surface area contributed by atoms with E-state index in [0.29, 0.717) is 5.02 Å². The second kappa shape index (κ2) is 4.85. The van der Waals surface area contributed by atoms with E-state index in [1.807, 2.05) is 30.7 Å². The van der Waals surface area contributed by atoms with E-state index in [2.05, 4.69) is 10.1 Å². The average molecular weight is 251 g/mol. The molecule has 0 saturated heterocycles. The van der Waals surface area contributed by atoms with Crippen LogP contribution in [0.2, 0.25) is 5.02 Å². The molecule has 1 unspecified atom stereocenters. The molecular formula is C12H15ClN4. The van der Waals surface area contributed by atoms with Gasteiger partial charge < -0.3 is 5.73 Å². The first-order chi connectivity index (χ1) is 8.13. The first-order valence-corrected chi connectivity index (χ1v) is 5.90. The first-order valence-electron chi connectivity index (χ1n) is 5.52. The molecule has 90 valence electrons. The Morgan fingerprint density at radius 1 is 1.41 bits per heavy atom. The van der Waals surface area contributed by atoms with Crippen molar-refractivity contribution in [1.29, 1.82) is 0 Å². The van der Waals surface area contributed by atoms with Gasteiger partial charge in [0.25, 0.3) is 0 Å². The average Bonchev–Trinajstić information content (AvgIpc) is 2.70. The molecule has 0 bridgehead atoms. The number of hydrogen-bond acceptors (Lipinski definition) is 3. The van der Waals surface area contributed by atoms with Crippen molar-refractivity contribution in [2.75, 3.05) is 0 Å². The molecule has 0 spiro atoms. The molecule has 0 amide bonds. The molecule has 17 heavy (non-hydrogen) atoms. The van der Waals surface area contributed by atoms with Gasteiger partial charge in [-0.3, -0.25) is 9.67 Å². The van der Waals surface area contributed by atoms with Crippen molar-refractivity contribution in [3.05, 3.63) is 46.5 Å². The Hall–Kier alpha value is -1.39. The van der Waals surface area contributed by atoms with E-state index in [-0.39, 0.29) is 6.04 Å². The van der Waals surface area contributed by atoms with Gasteiger partial charge in [0.05, 0.1) is 23.0 Å². The van der Waals surface area contributed by atoms with Gasteiger partial charge in [0.2, 0.25) is 0 Å². The summed E-state index contributed by atoms with van der Waals surface area (Å²) in [6.45, 7) is 4.70. The smallest absolute Gasteiger partial charge is 0.0837 e. The van der Waals surface area contributed by atoms with Crippen molar-refractivity contribution in [2.45, 2.75) is 26.4 Å². The zero-order valence-electron chi connectivity index (χ0n) is 9.89. The van der Waals surface area contributed by atoms with Crippen LogP contribution in [0, 0.1) is 6.92 Å². The van der Waals surface area contributed by atoms with Crippen LogP contribution >= 0.6 is 11.6 Å². The molecule has 2 N–H and O–H groups in total. The van der Waals surface area contributed by atoms with Gasteiger partial charge in [-0.1, -0.05) is 17.7 Å². The van der Waals surface area contributed by atoms with Crippen LogP contribution in [0.5, 0.6) is 0 Å². The molecule has 0 aliphatic rings. The highest BCUT2D eigenvalue weighted by molar-refractivity contribution is 6.31. The summed E-state index contributed by atoms with van der Waals surface area (Å²) in [6, 6.07) is 3.62. The van der Waals surface area contributed by atoms with E-state index in [4.69, 9.17) is 17.3 Å². The third kappa shape index (κ3) is 2.33. The van der Waals surface area contributed by atoms with Crippen LogP contribution in [-0.2, 0) is 6.54 Å². The Morgan fingerprint density at radius 3 is 2.76 bits per heavy atom. The van der Waals surface area contributed by atoms with E-state index in [1.54, 1.807) is 12.4 Å². The third-order valence-corrected chi connectivity index (χ3v) is 3.01. The predicted molar refractivity (Wildman–Crippen MR) is 67.9 cm³/mol. The van der Waals surface area contributed by atoms with Crippen molar-refractivity contribution >= 4 is 11.6 Å². The van der Waals surface area contributed by atoms with E-state index < -0.39 is 0 Å². The van der Waals surface area contributed by atoms with Gasteiger partial charge in [-0.25, -0.2) is 0 Å². The maximum absolute atomic E-state index is 6.20.